The largest absolute Gasteiger partial charge is 0.493 e. The summed E-state index contributed by atoms with van der Waals surface area (Å²) in [6.45, 7) is 3.26. The topological polar surface area (TPSA) is 58.6 Å². The van der Waals surface area contributed by atoms with Crippen LogP contribution >= 0.6 is 0 Å². The van der Waals surface area contributed by atoms with E-state index in [0.29, 0.717) is 19.1 Å². The molecule has 2 atom stereocenters. The zero-order valence-corrected chi connectivity index (χ0v) is 9.85. The predicted octanol–water partition coefficient (Wildman–Crippen LogP) is 1.82. The van der Waals surface area contributed by atoms with Crippen LogP contribution in [0.5, 0.6) is 5.75 Å². The van der Waals surface area contributed by atoms with Gasteiger partial charge < -0.3 is 15.2 Å². The highest BCUT2D eigenvalue weighted by Gasteiger charge is 2.26. The molecule has 0 radical (unpaired) electrons. The highest BCUT2D eigenvalue weighted by atomic mass is 16.5. The summed E-state index contributed by atoms with van der Waals surface area (Å²) >= 11 is 0. The summed E-state index contributed by atoms with van der Waals surface area (Å²) in [5.41, 5.74) is 1.12. The van der Waals surface area contributed by atoms with Crippen molar-refractivity contribution in [2.45, 2.75) is 19.4 Å². The van der Waals surface area contributed by atoms with Crippen molar-refractivity contribution in [3.8, 4) is 5.75 Å². The maximum Gasteiger partial charge on any atom is 0.304 e. The number of nitrogens with one attached hydrogen (secondary N) is 1. The van der Waals surface area contributed by atoms with E-state index in [1.807, 2.05) is 24.3 Å². The molecule has 0 aromatic heterocycles. The van der Waals surface area contributed by atoms with Gasteiger partial charge in [0.2, 0.25) is 0 Å². The first kappa shape index (κ1) is 11.9. The number of ether oxygens (including phenoxy) is 1. The van der Waals surface area contributed by atoms with Gasteiger partial charge in [-0.1, -0.05) is 25.1 Å². The van der Waals surface area contributed by atoms with E-state index in [4.69, 9.17) is 9.84 Å². The first-order valence-electron chi connectivity index (χ1n) is 5.85. The number of hydrogen-bond acceptors (Lipinski definition) is 3. The van der Waals surface area contributed by atoms with Gasteiger partial charge in [0.1, 0.15) is 5.75 Å². The molecule has 4 heteroatoms. The molecule has 1 aliphatic heterocycles. The van der Waals surface area contributed by atoms with E-state index in [2.05, 4.69) is 12.2 Å². The number of aliphatic carboxylic acids is 1. The van der Waals surface area contributed by atoms with Gasteiger partial charge in [0.15, 0.2) is 0 Å². The maximum absolute atomic E-state index is 10.5. The molecule has 0 spiro atoms. The molecule has 2 unspecified atom stereocenters. The third-order valence-electron chi connectivity index (χ3n) is 3.03. The average molecular weight is 235 g/mol. The smallest absolute Gasteiger partial charge is 0.304 e. The number of carboxylic acid groups (broad SMARTS) is 1. The molecule has 0 saturated carbocycles. The van der Waals surface area contributed by atoms with E-state index < -0.39 is 5.97 Å². The number of benzene rings is 1. The van der Waals surface area contributed by atoms with Crippen LogP contribution in [0.3, 0.4) is 0 Å². The van der Waals surface area contributed by atoms with Crippen LogP contribution in [0.25, 0.3) is 0 Å². The Hall–Kier alpha value is -1.55. The van der Waals surface area contributed by atoms with Gasteiger partial charge in [0, 0.05) is 24.1 Å². The molecule has 0 amide bonds. The minimum atomic E-state index is -0.773. The second kappa shape index (κ2) is 5.19. The Morgan fingerprint density at radius 3 is 3.06 bits per heavy atom. The van der Waals surface area contributed by atoms with Gasteiger partial charge in [0.05, 0.1) is 13.0 Å². The second-order valence-electron chi connectivity index (χ2n) is 4.40. The minimum Gasteiger partial charge on any atom is -0.493 e. The molecule has 2 N–H and O–H groups in total. The minimum absolute atomic E-state index is 0.145. The quantitative estimate of drug-likeness (QED) is 0.835. The SMILES string of the molecule is CC1COc2ccccc2C1NCCC(=O)O. The molecule has 4 nitrogen and oxygen atoms in total. The molecule has 0 saturated heterocycles. The Balaban J connectivity index is 2.07. The summed E-state index contributed by atoms with van der Waals surface area (Å²) in [4.78, 5) is 10.5. The lowest BCUT2D eigenvalue weighted by molar-refractivity contribution is -0.136. The predicted molar refractivity (Wildman–Crippen MR) is 64.1 cm³/mol. The van der Waals surface area contributed by atoms with Crippen LogP contribution in [0.2, 0.25) is 0 Å². The number of rotatable bonds is 4. The molecule has 0 aliphatic carbocycles. The summed E-state index contributed by atoms with van der Waals surface area (Å²) in [6.07, 6.45) is 0.145. The van der Waals surface area contributed by atoms with Gasteiger partial charge in [0.25, 0.3) is 0 Å². The Morgan fingerprint density at radius 1 is 1.53 bits per heavy atom. The number of fused-ring (bicyclic) bond motifs is 1. The van der Waals surface area contributed by atoms with E-state index in [1.54, 1.807) is 0 Å². The van der Waals surface area contributed by atoms with Crippen molar-refractivity contribution in [2.75, 3.05) is 13.2 Å². The molecule has 0 bridgehead atoms. The zero-order valence-electron chi connectivity index (χ0n) is 9.85. The molecule has 1 heterocycles. The van der Waals surface area contributed by atoms with E-state index >= 15 is 0 Å². The van der Waals surface area contributed by atoms with Crippen LogP contribution in [0.4, 0.5) is 0 Å². The van der Waals surface area contributed by atoms with Crippen LogP contribution in [-0.4, -0.2) is 24.2 Å². The second-order valence-corrected chi connectivity index (χ2v) is 4.40. The van der Waals surface area contributed by atoms with E-state index in [-0.39, 0.29) is 12.5 Å². The third-order valence-corrected chi connectivity index (χ3v) is 3.03. The van der Waals surface area contributed by atoms with Crippen LogP contribution in [0.1, 0.15) is 24.9 Å². The van der Waals surface area contributed by atoms with Crippen LogP contribution in [-0.2, 0) is 4.79 Å². The van der Waals surface area contributed by atoms with E-state index in [0.717, 1.165) is 11.3 Å². The van der Waals surface area contributed by atoms with Crippen molar-refractivity contribution in [1.29, 1.82) is 0 Å². The van der Waals surface area contributed by atoms with Crippen molar-refractivity contribution in [3.63, 3.8) is 0 Å². The first-order valence-corrected chi connectivity index (χ1v) is 5.85. The Morgan fingerprint density at radius 2 is 2.29 bits per heavy atom. The molecule has 2 rings (SSSR count). The molecular weight excluding hydrogens is 218 g/mol. The normalized spacial score (nSPS) is 22.6. The van der Waals surface area contributed by atoms with Crippen LogP contribution < -0.4 is 10.1 Å². The Kier molecular flexibility index (Phi) is 3.64. The Bertz CT molecular complexity index is 405. The van der Waals surface area contributed by atoms with E-state index in [9.17, 15) is 4.79 Å². The molecule has 1 aromatic carbocycles. The first-order chi connectivity index (χ1) is 8.18. The van der Waals surface area contributed by atoms with Crippen LogP contribution in [0, 0.1) is 5.92 Å². The summed E-state index contributed by atoms with van der Waals surface area (Å²) in [5.74, 6) is 0.475. The standard InChI is InChI=1S/C13H17NO3/c1-9-8-17-11-5-3-2-4-10(11)13(9)14-7-6-12(15)16/h2-5,9,13-14H,6-8H2,1H3,(H,15,16). The number of hydrogen-bond donors (Lipinski definition) is 2. The van der Waals surface area contributed by atoms with Crippen molar-refractivity contribution < 1.29 is 14.6 Å². The summed E-state index contributed by atoms with van der Waals surface area (Å²) in [7, 11) is 0. The number of carboxylic acids is 1. The van der Waals surface area contributed by atoms with Crippen molar-refractivity contribution in [2.24, 2.45) is 5.92 Å². The average Bonchev–Trinajstić information content (AvgIpc) is 2.32. The molecule has 92 valence electrons. The molecule has 1 aromatic rings. The molecule has 0 fully saturated rings. The van der Waals surface area contributed by atoms with Gasteiger partial charge in [-0.15, -0.1) is 0 Å². The highest BCUT2D eigenvalue weighted by Crippen LogP contribution is 2.34. The lowest BCUT2D eigenvalue weighted by Gasteiger charge is -2.32. The third kappa shape index (κ3) is 2.77. The fourth-order valence-electron chi connectivity index (χ4n) is 2.14. The maximum atomic E-state index is 10.5. The van der Waals surface area contributed by atoms with Crippen LogP contribution in [0.15, 0.2) is 24.3 Å². The fourth-order valence-corrected chi connectivity index (χ4v) is 2.14. The summed E-state index contributed by atoms with van der Waals surface area (Å²) in [6, 6.07) is 8.09. The van der Waals surface area contributed by atoms with Gasteiger partial charge in [-0.25, -0.2) is 0 Å². The van der Waals surface area contributed by atoms with Crippen molar-refractivity contribution in [1.82, 2.24) is 5.32 Å². The zero-order chi connectivity index (χ0) is 12.3. The van der Waals surface area contributed by atoms with Gasteiger partial charge in [-0.05, 0) is 6.07 Å². The molecule has 1 aliphatic rings. The lowest BCUT2D eigenvalue weighted by Crippen LogP contribution is -2.35. The molecule has 17 heavy (non-hydrogen) atoms. The van der Waals surface area contributed by atoms with Crippen molar-refractivity contribution >= 4 is 5.97 Å². The lowest BCUT2D eigenvalue weighted by atomic mass is 9.92. The van der Waals surface area contributed by atoms with Gasteiger partial charge in [-0.3, -0.25) is 4.79 Å². The summed E-state index contributed by atoms with van der Waals surface area (Å²) in [5, 5.41) is 11.9. The van der Waals surface area contributed by atoms with Gasteiger partial charge >= 0.3 is 5.97 Å². The number of para-hydroxylation sites is 1. The van der Waals surface area contributed by atoms with Crippen molar-refractivity contribution in [3.05, 3.63) is 29.8 Å². The van der Waals surface area contributed by atoms with E-state index in [1.165, 1.54) is 0 Å². The monoisotopic (exact) mass is 235 g/mol. The fraction of sp³-hybridized carbons (Fsp3) is 0.462. The highest BCUT2D eigenvalue weighted by molar-refractivity contribution is 5.66. The molecular formula is C13H17NO3. The number of carbonyl (C=O) groups is 1. The Labute approximate surface area is 101 Å². The summed E-state index contributed by atoms with van der Waals surface area (Å²) < 4.78 is 5.64. The van der Waals surface area contributed by atoms with Gasteiger partial charge in [-0.2, -0.15) is 0 Å².